The minimum Gasteiger partial charge on any atom is -0.492 e. The number of carbonyl (C=O) groups excluding carboxylic acids is 1. The van der Waals surface area contributed by atoms with Crippen LogP contribution in [-0.2, 0) is 14.8 Å². The van der Waals surface area contributed by atoms with Crippen LogP contribution in [-0.4, -0.2) is 46.4 Å². The van der Waals surface area contributed by atoms with E-state index >= 15 is 0 Å². The van der Waals surface area contributed by atoms with Crippen molar-refractivity contribution in [2.45, 2.75) is 19.9 Å². The quantitative estimate of drug-likeness (QED) is 0.740. The van der Waals surface area contributed by atoms with Gasteiger partial charge >= 0.3 is 0 Å². The van der Waals surface area contributed by atoms with Gasteiger partial charge in [-0.1, -0.05) is 12.1 Å². The van der Waals surface area contributed by atoms with Gasteiger partial charge in [0.1, 0.15) is 25.0 Å². The van der Waals surface area contributed by atoms with Crippen molar-refractivity contribution in [3.63, 3.8) is 0 Å². The minimum absolute atomic E-state index is 0.317. The van der Waals surface area contributed by atoms with Crippen LogP contribution in [0.3, 0.4) is 0 Å². The Morgan fingerprint density at radius 2 is 1.86 bits per heavy atom. The fourth-order valence-electron chi connectivity index (χ4n) is 3.07. The van der Waals surface area contributed by atoms with E-state index in [1.165, 1.54) is 6.92 Å². The molecular weight excluding hydrogens is 396 g/mol. The molecule has 0 unspecified atom stereocenters. The molecule has 29 heavy (non-hydrogen) atoms. The largest absolute Gasteiger partial charge is 0.492 e. The van der Waals surface area contributed by atoms with Gasteiger partial charge in [-0.25, -0.2) is 8.42 Å². The SMILES string of the molecule is CCOc1ccccc1NC(=O)[C@@H](C)N(c1ccc2c(c1)OCCO2)S(C)(=O)=O. The molecule has 3 rings (SSSR count). The number of sulfonamides is 1. The zero-order valence-electron chi connectivity index (χ0n) is 16.5. The smallest absolute Gasteiger partial charge is 0.248 e. The van der Waals surface area contributed by atoms with Gasteiger partial charge in [0.25, 0.3) is 0 Å². The first-order chi connectivity index (χ1) is 13.8. The molecule has 1 amide bonds. The molecule has 9 heteroatoms. The van der Waals surface area contributed by atoms with Crippen LogP contribution in [0.5, 0.6) is 17.2 Å². The van der Waals surface area contributed by atoms with Gasteiger partial charge in [-0.3, -0.25) is 9.10 Å². The first-order valence-corrected chi connectivity index (χ1v) is 11.1. The Morgan fingerprint density at radius 1 is 1.17 bits per heavy atom. The summed E-state index contributed by atoms with van der Waals surface area (Å²) in [5.41, 5.74) is 0.791. The molecule has 1 aliphatic heterocycles. The van der Waals surface area contributed by atoms with Gasteiger partial charge in [-0.2, -0.15) is 0 Å². The van der Waals surface area contributed by atoms with Gasteiger partial charge in [0.2, 0.25) is 15.9 Å². The van der Waals surface area contributed by atoms with E-state index in [0.717, 1.165) is 10.6 Å². The van der Waals surface area contributed by atoms with Gasteiger partial charge in [0.05, 0.1) is 24.2 Å². The molecule has 1 aliphatic rings. The lowest BCUT2D eigenvalue weighted by atomic mass is 10.2. The monoisotopic (exact) mass is 420 g/mol. The predicted octanol–water partition coefficient (Wildman–Crippen LogP) is 2.65. The fourth-order valence-corrected chi connectivity index (χ4v) is 4.23. The second-order valence-electron chi connectivity index (χ2n) is 6.48. The first kappa shape index (κ1) is 20.8. The van der Waals surface area contributed by atoms with Crippen LogP contribution in [0.2, 0.25) is 0 Å². The van der Waals surface area contributed by atoms with Gasteiger partial charge in [-0.05, 0) is 38.1 Å². The number of rotatable bonds is 7. The topological polar surface area (TPSA) is 94.2 Å². The Bertz CT molecular complexity index is 992. The van der Waals surface area contributed by atoms with Gasteiger partial charge in [0, 0.05) is 6.07 Å². The summed E-state index contributed by atoms with van der Waals surface area (Å²) in [6.07, 6.45) is 1.06. The summed E-state index contributed by atoms with van der Waals surface area (Å²) in [6.45, 7) is 4.61. The Kier molecular flexibility index (Phi) is 6.17. The maximum atomic E-state index is 12.9. The van der Waals surface area contributed by atoms with Crippen molar-refractivity contribution >= 4 is 27.3 Å². The van der Waals surface area contributed by atoms with E-state index in [1.54, 1.807) is 42.5 Å². The van der Waals surface area contributed by atoms with Gasteiger partial charge < -0.3 is 19.5 Å². The van der Waals surface area contributed by atoms with Crippen molar-refractivity contribution in [3.8, 4) is 17.2 Å². The molecule has 0 aliphatic carbocycles. The normalized spacial score (nSPS) is 14.0. The highest BCUT2D eigenvalue weighted by atomic mass is 32.2. The van der Waals surface area contributed by atoms with Gasteiger partial charge in [0.15, 0.2) is 11.5 Å². The number of carbonyl (C=O) groups is 1. The molecule has 0 saturated heterocycles. The van der Waals surface area contributed by atoms with Crippen LogP contribution >= 0.6 is 0 Å². The molecule has 0 radical (unpaired) electrons. The number of para-hydroxylation sites is 2. The predicted molar refractivity (Wildman–Crippen MR) is 110 cm³/mol. The second kappa shape index (κ2) is 8.60. The third-order valence-corrected chi connectivity index (χ3v) is 5.56. The molecule has 0 aromatic heterocycles. The van der Waals surface area contributed by atoms with E-state index in [4.69, 9.17) is 14.2 Å². The van der Waals surface area contributed by atoms with Crippen LogP contribution in [0, 0.1) is 0 Å². The van der Waals surface area contributed by atoms with Crippen molar-refractivity contribution in [1.29, 1.82) is 0 Å². The van der Waals surface area contributed by atoms with Crippen LogP contribution in [0.4, 0.5) is 11.4 Å². The van der Waals surface area contributed by atoms with Crippen LogP contribution < -0.4 is 23.8 Å². The summed E-state index contributed by atoms with van der Waals surface area (Å²) >= 11 is 0. The summed E-state index contributed by atoms with van der Waals surface area (Å²) in [5, 5.41) is 2.75. The van der Waals surface area contributed by atoms with Crippen LogP contribution in [0.25, 0.3) is 0 Å². The molecule has 2 aromatic carbocycles. The third kappa shape index (κ3) is 4.73. The Balaban J connectivity index is 1.89. The van der Waals surface area contributed by atoms with Crippen molar-refractivity contribution < 1.29 is 27.4 Å². The van der Waals surface area contributed by atoms with E-state index in [2.05, 4.69) is 5.32 Å². The summed E-state index contributed by atoms with van der Waals surface area (Å²) in [4.78, 5) is 12.9. The highest BCUT2D eigenvalue weighted by Crippen LogP contribution is 2.35. The molecule has 0 saturated carbocycles. The Labute approximate surface area is 170 Å². The number of ether oxygens (including phenoxy) is 3. The second-order valence-corrected chi connectivity index (χ2v) is 8.34. The standard InChI is InChI=1S/C20H24N2O6S/c1-4-26-17-8-6-5-7-16(17)21-20(23)14(2)22(29(3,24)25)15-9-10-18-19(13-15)28-12-11-27-18/h5-10,13-14H,4,11-12H2,1-3H3,(H,21,23)/t14-/m1/s1. The summed E-state index contributed by atoms with van der Waals surface area (Å²) in [5.74, 6) is 1.01. The number of benzene rings is 2. The average Bonchev–Trinajstić information content (AvgIpc) is 2.68. The van der Waals surface area contributed by atoms with Gasteiger partial charge in [-0.15, -0.1) is 0 Å². The molecular formula is C20H24N2O6S. The average molecular weight is 420 g/mol. The molecule has 0 bridgehead atoms. The molecule has 1 heterocycles. The summed E-state index contributed by atoms with van der Waals surface area (Å²) in [7, 11) is -3.76. The van der Waals surface area contributed by atoms with Crippen LogP contribution in [0.1, 0.15) is 13.8 Å². The van der Waals surface area contributed by atoms with Crippen molar-refractivity contribution in [2.24, 2.45) is 0 Å². The Morgan fingerprint density at radius 3 is 2.55 bits per heavy atom. The van der Waals surface area contributed by atoms with E-state index in [1.807, 2.05) is 6.92 Å². The zero-order valence-corrected chi connectivity index (χ0v) is 17.4. The summed E-state index contributed by atoms with van der Waals surface area (Å²) < 4.78 is 42.6. The number of anilines is 2. The number of amides is 1. The molecule has 0 fully saturated rings. The maximum Gasteiger partial charge on any atom is 0.248 e. The minimum atomic E-state index is -3.76. The van der Waals surface area contributed by atoms with E-state index in [0.29, 0.717) is 48.4 Å². The highest BCUT2D eigenvalue weighted by Gasteiger charge is 2.30. The molecule has 156 valence electrons. The van der Waals surface area contributed by atoms with Crippen LogP contribution in [0.15, 0.2) is 42.5 Å². The lowest BCUT2D eigenvalue weighted by Crippen LogP contribution is -2.45. The molecule has 1 atom stereocenters. The van der Waals surface area contributed by atoms with E-state index in [9.17, 15) is 13.2 Å². The highest BCUT2D eigenvalue weighted by molar-refractivity contribution is 7.92. The van der Waals surface area contributed by atoms with Crippen molar-refractivity contribution in [1.82, 2.24) is 0 Å². The molecule has 1 N–H and O–H groups in total. The van der Waals surface area contributed by atoms with Crippen molar-refractivity contribution in [3.05, 3.63) is 42.5 Å². The number of nitrogens with one attached hydrogen (secondary N) is 1. The van der Waals surface area contributed by atoms with E-state index in [-0.39, 0.29) is 0 Å². The number of hydrogen-bond acceptors (Lipinski definition) is 6. The lowest BCUT2D eigenvalue weighted by Gasteiger charge is -2.29. The lowest BCUT2D eigenvalue weighted by molar-refractivity contribution is -0.116. The first-order valence-electron chi connectivity index (χ1n) is 9.23. The summed E-state index contributed by atoms with van der Waals surface area (Å²) in [6, 6.07) is 10.8. The number of fused-ring (bicyclic) bond motifs is 1. The molecule has 2 aromatic rings. The zero-order chi connectivity index (χ0) is 21.0. The fraction of sp³-hybridized carbons (Fsp3) is 0.350. The number of hydrogen-bond donors (Lipinski definition) is 1. The van der Waals surface area contributed by atoms with E-state index < -0.39 is 22.0 Å². The Hall–Kier alpha value is -2.94. The third-order valence-electron chi connectivity index (χ3n) is 4.31. The molecule has 0 spiro atoms. The van der Waals surface area contributed by atoms with Crippen molar-refractivity contribution in [2.75, 3.05) is 35.7 Å². The maximum absolute atomic E-state index is 12.9. The number of nitrogens with zero attached hydrogens (tertiary/aromatic N) is 1. The molecule has 8 nitrogen and oxygen atoms in total.